The van der Waals surface area contributed by atoms with Crippen LogP contribution in [0.15, 0.2) is 67.3 Å². The van der Waals surface area contributed by atoms with E-state index in [1.165, 1.54) is 92.0 Å². The highest BCUT2D eigenvalue weighted by molar-refractivity contribution is 5.70. The van der Waals surface area contributed by atoms with Crippen LogP contribution in [0.5, 0.6) is 0 Å². The molecular weight excluding hydrogens is 372 g/mol. The first-order valence-electron chi connectivity index (χ1n) is 12.6. The largest absolute Gasteiger partial charge is 0.0990 e. The van der Waals surface area contributed by atoms with Gasteiger partial charge in [-0.2, -0.15) is 0 Å². The van der Waals surface area contributed by atoms with E-state index in [1.807, 2.05) is 0 Å². The van der Waals surface area contributed by atoms with Gasteiger partial charge in [-0.15, -0.1) is 0 Å². The lowest BCUT2D eigenvalue weighted by molar-refractivity contribution is 0.331. The third-order valence-corrected chi connectivity index (χ3v) is 8.81. The van der Waals surface area contributed by atoms with Gasteiger partial charge < -0.3 is 0 Å². The highest BCUT2D eigenvalue weighted by Gasteiger charge is 2.43. The van der Waals surface area contributed by atoms with E-state index in [0.29, 0.717) is 11.3 Å². The van der Waals surface area contributed by atoms with Crippen LogP contribution in [0.1, 0.15) is 88.2 Å². The van der Waals surface area contributed by atoms with Gasteiger partial charge in [0, 0.05) is 0 Å². The van der Waals surface area contributed by atoms with Crippen molar-refractivity contribution in [3.63, 3.8) is 0 Å². The Morgan fingerprint density at radius 3 is 1.77 bits per heavy atom. The Balaban J connectivity index is 1.20. The molecular formula is C31H38. The minimum absolute atomic E-state index is 0.472. The average molecular weight is 411 g/mol. The van der Waals surface area contributed by atoms with E-state index in [1.54, 1.807) is 5.57 Å². The van der Waals surface area contributed by atoms with Crippen LogP contribution in [0.4, 0.5) is 0 Å². The van der Waals surface area contributed by atoms with Crippen LogP contribution in [0, 0.1) is 17.3 Å². The van der Waals surface area contributed by atoms with Gasteiger partial charge in [-0.25, -0.2) is 0 Å². The Morgan fingerprint density at radius 1 is 0.710 bits per heavy atom. The third kappa shape index (κ3) is 4.32. The second-order valence-electron chi connectivity index (χ2n) is 10.8. The summed E-state index contributed by atoms with van der Waals surface area (Å²) in [6, 6.07) is 18.5. The molecule has 2 aromatic rings. The molecule has 0 heterocycles. The maximum atomic E-state index is 4.52. The smallest absolute Gasteiger partial charge is 0.0116 e. The molecule has 3 saturated carbocycles. The summed E-state index contributed by atoms with van der Waals surface area (Å²) in [5.41, 5.74) is 8.84. The van der Waals surface area contributed by atoms with Crippen LogP contribution in [0.25, 0.3) is 16.7 Å². The van der Waals surface area contributed by atoms with Crippen LogP contribution < -0.4 is 0 Å². The highest BCUT2D eigenvalue weighted by atomic mass is 14.5. The van der Waals surface area contributed by atoms with Gasteiger partial charge in [-0.05, 0) is 102 Å². The van der Waals surface area contributed by atoms with Crippen molar-refractivity contribution in [3.05, 3.63) is 78.4 Å². The van der Waals surface area contributed by atoms with E-state index in [4.69, 9.17) is 0 Å². The monoisotopic (exact) mass is 410 g/mol. The van der Waals surface area contributed by atoms with E-state index < -0.39 is 0 Å². The quantitative estimate of drug-likeness (QED) is 0.416. The van der Waals surface area contributed by atoms with Crippen LogP contribution in [0.2, 0.25) is 0 Å². The van der Waals surface area contributed by atoms with E-state index in [9.17, 15) is 0 Å². The van der Waals surface area contributed by atoms with E-state index >= 15 is 0 Å². The summed E-state index contributed by atoms with van der Waals surface area (Å²) in [5.74, 6) is 2.16. The summed E-state index contributed by atoms with van der Waals surface area (Å²) in [6.45, 7) is 11.4. The van der Waals surface area contributed by atoms with Crippen LogP contribution in [-0.4, -0.2) is 0 Å². The first-order valence-corrected chi connectivity index (χ1v) is 12.6. The van der Waals surface area contributed by atoms with Crippen molar-refractivity contribution < 1.29 is 0 Å². The van der Waals surface area contributed by atoms with Gasteiger partial charge >= 0.3 is 0 Å². The fourth-order valence-electron chi connectivity index (χ4n) is 6.11. The Hall–Kier alpha value is -2.08. The van der Waals surface area contributed by atoms with Crippen LogP contribution >= 0.6 is 0 Å². The molecule has 3 fully saturated rings. The molecule has 5 rings (SSSR count). The Morgan fingerprint density at radius 2 is 1.23 bits per heavy atom. The number of rotatable bonds is 6. The number of hydrogen-bond acceptors (Lipinski definition) is 0. The number of benzene rings is 2. The Labute approximate surface area is 189 Å². The van der Waals surface area contributed by atoms with Gasteiger partial charge in [0.1, 0.15) is 0 Å². The SMILES string of the molecule is C=C(c1ccc(-c2ccc(C3CCCC3)cc2)cc1)C1CCC(C(=C)C2(C)CC2)CC1. The molecule has 0 radical (unpaired) electrons. The lowest BCUT2D eigenvalue weighted by Crippen LogP contribution is -2.19. The summed E-state index contributed by atoms with van der Waals surface area (Å²) in [7, 11) is 0. The molecule has 0 aromatic heterocycles. The van der Waals surface area contributed by atoms with E-state index in [0.717, 1.165) is 11.8 Å². The lowest BCUT2D eigenvalue weighted by atomic mass is 9.72. The molecule has 0 saturated heterocycles. The van der Waals surface area contributed by atoms with E-state index in [-0.39, 0.29) is 0 Å². The molecule has 0 bridgehead atoms. The zero-order valence-electron chi connectivity index (χ0n) is 19.3. The number of allylic oxidation sites excluding steroid dienone is 2. The zero-order chi connectivity index (χ0) is 21.4. The molecule has 0 amide bonds. The van der Waals surface area contributed by atoms with Gasteiger partial charge in [-0.1, -0.05) is 87.0 Å². The molecule has 0 atom stereocenters. The second kappa shape index (κ2) is 8.45. The van der Waals surface area contributed by atoms with Crippen LogP contribution in [0.3, 0.4) is 0 Å². The van der Waals surface area contributed by atoms with Crippen molar-refractivity contribution in [2.24, 2.45) is 17.3 Å². The minimum atomic E-state index is 0.472. The molecule has 0 aliphatic heterocycles. The number of hydrogen-bond donors (Lipinski definition) is 0. The Bertz CT molecular complexity index is 925. The lowest BCUT2D eigenvalue weighted by Gasteiger charge is -2.33. The van der Waals surface area contributed by atoms with Crippen molar-refractivity contribution >= 4 is 5.57 Å². The second-order valence-corrected chi connectivity index (χ2v) is 10.8. The molecule has 0 heteroatoms. The van der Waals surface area contributed by atoms with Gasteiger partial charge in [0.15, 0.2) is 0 Å². The molecule has 0 N–H and O–H groups in total. The average Bonchev–Trinajstić information content (AvgIpc) is 3.34. The molecule has 162 valence electrons. The minimum Gasteiger partial charge on any atom is -0.0990 e. The molecule has 0 nitrogen and oxygen atoms in total. The highest BCUT2D eigenvalue weighted by Crippen LogP contribution is 2.55. The molecule has 2 aromatic carbocycles. The van der Waals surface area contributed by atoms with E-state index in [2.05, 4.69) is 68.6 Å². The van der Waals surface area contributed by atoms with Crippen molar-refractivity contribution in [3.8, 4) is 11.1 Å². The van der Waals surface area contributed by atoms with Gasteiger partial charge in [0.05, 0.1) is 0 Å². The molecule has 0 unspecified atom stereocenters. The van der Waals surface area contributed by atoms with Crippen molar-refractivity contribution in [2.75, 3.05) is 0 Å². The molecule has 3 aliphatic rings. The Kier molecular flexibility index (Phi) is 5.67. The summed E-state index contributed by atoms with van der Waals surface area (Å²) in [4.78, 5) is 0. The summed E-state index contributed by atoms with van der Waals surface area (Å²) >= 11 is 0. The van der Waals surface area contributed by atoms with Crippen molar-refractivity contribution in [1.82, 2.24) is 0 Å². The maximum Gasteiger partial charge on any atom is -0.0116 e. The topological polar surface area (TPSA) is 0 Å². The van der Waals surface area contributed by atoms with Gasteiger partial charge in [-0.3, -0.25) is 0 Å². The first kappa shape index (κ1) is 20.8. The van der Waals surface area contributed by atoms with Gasteiger partial charge in [0.25, 0.3) is 0 Å². The predicted molar refractivity (Wildman–Crippen MR) is 134 cm³/mol. The fourth-order valence-corrected chi connectivity index (χ4v) is 6.11. The predicted octanol–water partition coefficient (Wildman–Crippen LogP) is 9.19. The maximum absolute atomic E-state index is 4.52. The van der Waals surface area contributed by atoms with Crippen LogP contribution in [-0.2, 0) is 0 Å². The zero-order valence-corrected chi connectivity index (χ0v) is 19.3. The first-order chi connectivity index (χ1) is 15.0. The van der Waals surface area contributed by atoms with Gasteiger partial charge in [0.2, 0.25) is 0 Å². The molecule has 31 heavy (non-hydrogen) atoms. The molecule has 3 aliphatic carbocycles. The summed E-state index contributed by atoms with van der Waals surface area (Å²) < 4.78 is 0. The standard InChI is InChI=1S/C31H38/c1-22(24-8-12-26(13-9-24)23(2)31(3)20-21-31)25-10-14-29(15-11-25)30-18-16-28(17-19-30)27-6-4-5-7-27/h10-11,14-19,24,26-27H,1-2,4-9,12-13,20-21H2,3H3. The summed E-state index contributed by atoms with van der Waals surface area (Å²) in [5, 5.41) is 0. The fraction of sp³-hybridized carbons (Fsp3) is 0.484. The summed E-state index contributed by atoms with van der Waals surface area (Å²) in [6.07, 6.45) is 13.4. The normalized spacial score (nSPS) is 25.3. The van der Waals surface area contributed by atoms with Crippen molar-refractivity contribution in [1.29, 1.82) is 0 Å². The molecule has 0 spiro atoms. The third-order valence-electron chi connectivity index (χ3n) is 8.81. The van der Waals surface area contributed by atoms with Crippen molar-refractivity contribution in [2.45, 2.75) is 77.0 Å².